The van der Waals surface area contributed by atoms with E-state index in [4.69, 9.17) is 5.26 Å². The monoisotopic (exact) mass is 327 g/mol. The van der Waals surface area contributed by atoms with Gasteiger partial charge in [0.15, 0.2) is 11.6 Å². The normalized spacial score (nSPS) is 22.7. The lowest BCUT2D eigenvalue weighted by molar-refractivity contribution is -0.243. The Hall–Kier alpha value is -2.36. The smallest absolute Gasteiger partial charge is 0.397 e. The molecular weight excluding hydrogens is 314 g/mol. The summed E-state index contributed by atoms with van der Waals surface area (Å²) in [5, 5.41) is 8.48. The molecule has 2 unspecified atom stereocenters. The summed E-state index contributed by atoms with van der Waals surface area (Å²) in [7, 11) is 0. The van der Waals surface area contributed by atoms with Crippen LogP contribution < -0.4 is 0 Å². The van der Waals surface area contributed by atoms with Crippen LogP contribution >= 0.6 is 0 Å². The van der Waals surface area contributed by atoms with Gasteiger partial charge in [-0.15, -0.1) is 0 Å². The van der Waals surface area contributed by atoms with Gasteiger partial charge in [-0.1, -0.05) is 26.0 Å². The van der Waals surface area contributed by atoms with Crippen molar-refractivity contribution in [2.45, 2.75) is 20.0 Å². The fourth-order valence-electron chi connectivity index (χ4n) is 2.61. The Kier molecular flexibility index (Phi) is 4.20. The van der Waals surface area contributed by atoms with Crippen molar-refractivity contribution < 1.29 is 27.1 Å². The molecule has 1 aromatic carbocycles. The van der Waals surface area contributed by atoms with Crippen molar-refractivity contribution >= 4 is 5.97 Å². The number of allylic oxidation sites excluding steroid dienone is 2. The Labute approximate surface area is 130 Å². The maximum Gasteiger partial charge on any atom is 0.431 e. The molecular formula is C16H13F4NO2. The number of benzene rings is 1. The Balaban J connectivity index is 2.18. The SMILES string of the molecule is CC1(C)C(/C=C\C#N)C1C(=O)OC(F)(F)c1cccc(F)c1F. The zero-order valence-corrected chi connectivity index (χ0v) is 12.3. The van der Waals surface area contributed by atoms with Crippen LogP contribution in [-0.4, -0.2) is 5.97 Å². The van der Waals surface area contributed by atoms with E-state index in [9.17, 15) is 22.4 Å². The third-order valence-corrected chi connectivity index (χ3v) is 4.04. The number of hydrogen-bond donors (Lipinski definition) is 0. The van der Waals surface area contributed by atoms with Crippen molar-refractivity contribution in [3.63, 3.8) is 0 Å². The van der Waals surface area contributed by atoms with Crippen LogP contribution in [0.3, 0.4) is 0 Å². The average molecular weight is 327 g/mol. The molecule has 1 aliphatic rings. The predicted molar refractivity (Wildman–Crippen MR) is 71.9 cm³/mol. The van der Waals surface area contributed by atoms with Gasteiger partial charge in [0, 0.05) is 6.08 Å². The molecule has 0 aromatic heterocycles. The molecule has 122 valence electrons. The van der Waals surface area contributed by atoms with Gasteiger partial charge in [-0.2, -0.15) is 14.0 Å². The van der Waals surface area contributed by atoms with Crippen molar-refractivity contribution in [2.24, 2.45) is 17.3 Å². The summed E-state index contributed by atoms with van der Waals surface area (Å²) >= 11 is 0. The van der Waals surface area contributed by atoms with Gasteiger partial charge in [0.05, 0.1) is 12.0 Å². The molecule has 0 N–H and O–H groups in total. The minimum Gasteiger partial charge on any atom is -0.397 e. The molecule has 0 saturated heterocycles. The van der Waals surface area contributed by atoms with Crippen molar-refractivity contribution in [1.29, 1.82) is 5.26 Å². The number of nitriles is 1. The van der Waals surface area contributed by atoms with E-state index in [0.717, 1.165) is 12.1 Å². The maximum atomic E-state index is 13.9. The second-order valence-corrected chi connectivity index (χ2v) is 5.85. The molecule has 1 saturated carbocycles. The van der Waals surface area contributed by atoms with E-state index in [0.29, 0.717) is 12.1 Å². The predicted octanol–water partition coefficient (Wildman–Crippen LogP) is 3.91. The summed E-state index contributed by atoms with van der Waals surface area (Å²) in [6.07, 6.45) is -1.69. The fourth-order valence-corrected chi connectivity index (χ4v) is 2.61. The highest BCUT2D eigenvalue weighted by Crippen LogP contribution is 2.60. The number of carbonyl (C=O) groups excluding carboxylic acids is 1. The van der Waals surface area contributed by atoms with Gasteiger partial charge in [-0.3, -0.25) is 4.79 Å². The highest BCUT2D eigenvalue weighted by molar-refractivity contribution is 5.78. The van der Waals surface area contributed by atoms with Gasteiger partial charge in [-0.25, -0.2) is 8.78 Å². The molecule has 2 rings (SSSR count). The van der Waals surface area contributed by atoms with Crippen LogP contribution in [-0.2, 0) is 15.6 Å². The van der Waals surface area contributed by atoms with Crippen LogP contribution in [0.15, 0.2) is 30.4 Å². The molecule has 0 heterocycles. The molecule has 23 heavy (non-hydrogen) atoms. The Bertz CT molecular complexity index is 707. The summed E-state index contributed by atoms with van der Waals surface area (Å²) in [6.45, 7) is 3.32. The van der Waals surface area contributed by atoms with Gasteiger partial charge in [0.1, 0.15) is 5.56 Å². The molecule has 1 fully saturated rings. The molecule has 1 aromatic rings. The lowest BCUT2D eigenvalue weighted by atomic mass is 10.1. The second-order valence-electron chi connectivity index (χ2n) is 5.85. The molecule has 1 aliphatic carbocycles. The number of alkyl halides is 2. The summed E-state index contributed by atoms with van der Waals surface area (Å²) in [6, 6.07) is 3.98. The highest BCUT2D eigenvalue weighted by Gasteiger charge is 2.62. The lowest BCUT2D eigenvalue weighted by Crippen LogP contribution is -2.26. The summed E-state index contributed by atoms with van der Waals surface area (Å²) in [4.78, 5) is 11.9. The molecule has 0 amide bonds. The topological polar surface area (TPSA) is 50.1 Å². The number of halogens is 4. The Morgan fingerprint density at radius 1 is 1.39 bits per heavy atom. The number of hydrogen-bond acceptors (Lipinski definition) is 3. The van der Waals surface area contributed by atoms with E-state index in [1.807, 2.05) is 0 Å². The van der Waals surface area contributed by atoms with Gasteiger partial charge < -0.3 is 4.74 Å². The average Bonchev–Trinajstić information content (AvgIpc) is 3.00. The highest BCUT2D eigenvalue weighted by atomic mass is 19.3. The van der Waals surface area contributed by atoms with E-state index in [-0.39, 0.29) is 0 Å². The first-order chi connectivity index (χ1) is 10.6. The number of rotatable bonds is 4. The zero-order valence-electron chi connectivity index (χ0n) is 12.3. The Morgan fingerprint density at radius 2 is 2.04 bits per heavy atom. The van der Waals surface area contributed by atoms with Gasteiger partial charge in [-0.05, 0) is 23.5 Å². The third kappa shape index (κ3) is 3.07. The molecule has 2 atom stereocenters. The number of carbonyl (C=O) groups is 1. The molecule has 0 aliphatic heterocycles. The zero-order chi connectivity index (χ0) is 17.4. The number of esters is 1. The summed E-state index contributed by atoms with van der Waals surface area (Å²) in [5.41, 5.74) is -1.99. The summed E-state index contributed by atoms with van der Waals surface area (Å²) in [5.74, 6) is -5.75. The summed E-state index contributed by atoms with van der Waals surface area (Å²) < 4.78 is 58.5. The van der Waals surface area contributed by atoms with Crippen LogP contribution in [0.2, 0.25) is 0 Å². The third-order valence-electron chi connectivity index (χ3n) is 4.04. The van der Waals surface area contributed by atoms with Crippen LogP contribution in [0.1, 0.15) is 19.4 Å². The first-order valence-corrected chi connectivity index (χ1v) is 6.74. The standard InChI is InChI=1S/C16H13F4NO2/c1-15(2)9(6-4-8-21)12(15)14(22)23-16(19,20)10-5-3-7-11(17)13(10)18/h3-7,9,12H,1-2H3/b6-4-. The van der Waals surface area contributed by atoms with E-state index < -0.39 is 46.5 Å². The fraction of sp³-hybridized carbons (Fsp3) is 0.375. The first kappa shape index (κ1) is 17.0. The van der Waals surface area contributed by atoms with Crippen LogP contribution in [0.5, 0.6) is 0 Å². The van der Waals surface area contributed by atoms with E-state index in [1.54, 1.807) is 19.9 Å². The number of nitrogens with zero attached hydrogens (tertiary/aromatic N) is 1. The molecule has 0 spiro atoms. The van der Waals surface area contributed by atoms with E-state index >= 15 is 0 Å². The minimum atomic E-state index is -4.29. The van der Waals surface area contributed by atoms with E-state index in [2.05, 4.69) is 4.74 Å². The molecule has 0 radical (unpaired) electrons. The van der Waals surface area contributed by atoms with Crippen molar-refractivity contribution in [3.05, 3.63) is 47.5 Å². The van der Waals surface area contributed by atoms with Gasteiger partial charge in [0.2, 0.25) is 0 Å². The van der Waals surface area contributed by atoms with Crippen LogP contribution in [0.4, 0.5) is 17.6 Å². The number of ether oxygens (including phenoxy) is 1. The molecule has 7 heteroatoms. The quantitative estimate of drug-likeness (QED) is 0.479. The largest absolute Gasteiger partial charge is 0.431 e. The minimum absolute atomic E-state index is 0.428. The van der Waals surface area contributed by atoms with Gasteiger partial charge >= 0.3 is 12.1 Å². The first-order valence-electron chi connectivity index (χ1n) is 6.74. The van der Waals surface area contributed by atoms with Gasteiger partial charge in [0.25, 0.3) is 0 Å². The maximum absolute atomic E-state index is 13.9. The van der Waals surface area contributed by atoms with Crippen LogP contribution in [0, 0.1) is 40.2 Å². The lowest BCUT2D eigenvalue weighted by Gasteiger charge is -2.18. The van der Waals surface area contributed by atoms with Crippen molar-refractivity contribution in [3.8, 4) is 6.07 Å². The Morgan fingerprint density at radius 3 is 2.65 bits per heavy atom. The molecule has 0 bridgehead atoms. The molecule has 3 nitrogen and oxygen atoms in total. The van der Waals surface area contributed by atoms with Crippen LogP contribution in [0.25, 0.3) is 0 Å². The second kappa shape index (κ2) is 5.69. The van der Waals surface area contributed by atoms with Crippen molar-refractivity contribution in [2.75, 3.05) is 0 Å². The van der Waals surface area contributed by atoms with Crippen molar-refractivity contribution in [1.82, 2.24) is 0 Å². The van der Waals surface area contributed by atoms with E-state index in [1.165, 1.54) is 6.08 Å².